The summed E-state index contributed by atoms with van der Waals surface area (Å²) in [5.41, 5.74) is 1.05. The van der Waals surface area contributed by atoms with Crippen molar-refractivity contribution in [1.82, 2.24) is 24.7 Å². The van der Waals surface area contributed by atoms with Gasteiger partial charge >= 0.3 is 0 Å². The van der Waals surface area contributed by atoms with Crippen LogP contribution in [0.3, 0.4) is 0 Å². The Morgan fingerprint density at radius 2 is 2.30 bits per heavy atom. The molecule has 3 heterocycles. The number of aromatic amines is 2. The van der Waals surface area contributed by atoms with Crippen LogP contribution >= 0.6 is 0 Å². The van der Waals surface area contributed by atoms with Crippen molar-refractivity contribution in [3.05, 3.63) is 30.4 Å². The Morgan fingerprint density at radius 1 is 1.40 bits per heavy atom. The summed E-state index contributed by atoms with van der Waals surface area (Å²) in [4.78, 5) is 0.236. The Balaban J connectivity index is 1.72. The Hall–Kier alpha value is -1.67. The van der Waals surface area contributed by atoms with Gasteiger partial charge in [0.2, 0.25) is 10.0 Å². The highest BCUT2D eigenvalue weighted by Crippen LogP contribution is 2.25. The molecule has 108 valence electrons. The fourth-order valence-corrected chi connectivity index (χ4v) is 4.11. The standard InChI is InChI=1S/C12H17N5O2S/c18-20(19,12-7-14-15-8-12)17-5-1-2-10(9-17)6-11-3-4-13-16-11/h3-4,7-8,10H,1-2,5-6,9H2,(H,13,16)(H,14,15)/t10-/m0/s1. The largest absolute Gasteiger partial charge is 0.284 e. The van der Waals surface area contributed by atoms with Crippen molar-refractivity contribution < 1.29 is 8.42 Å². The van der Waals surface area contributed by atoms with Crippen molar-refractivity contribution in [2.45, 2.75) is 24.2 Å². The average Bonchev–Trinajstić information content (AvgIpc) is 3.12. The molecule has 8 heteroatoms. The lowest BCUT2D eigenvalue weighted by molar-refractivity contribution is 0.264. The quantitative estimate of drug-likeness (QED) is 0.871. The number of aromatic nitrogens is 4. The maximum atomic E-state index is 12.4. The molecule has 0 spiro atoms. The first-order valence-corrected chi connectivity index (χ1v) is 8.07. The molecular weight excluding hydrogens is 278 g/mol. The van der Waals surface area contributed by atoms with E-state index in [1.54, 1.807) is 10.5 Å². The zero-order valence-corrected chi connectivity index (χ0v) is 11.8. The van der Waals surface area contributed by atoms with Gasteiger partial charge in [-0.25, -0.2) is 8.42 Å². The molecule has 3 rings (SSSR count). The third kappa shape index (κ3) is 2.61. The maximum Gasteiger partial charge on any atom is 0.246 e. The van der Waals surface area contributed by atoms with Crippen LogP contribution in [0.1, 0.15) is 18.5 Å². The lowest BCUT2D eigenvalue weighted by Gasteiger charge is -2.31. The van der Waals surface area contributed by atoms with Crippen LogP contribution in [0.15, 0.2) is 29.6 Å². The Kier molecular flexibility index (Phi) is 3.58. The molecule has 0 unspecified atom stereocenters. The van der Waals surface area contributed by atoms with Crippen LogP contribution in [-0.4, -0.2) is 46.2 Å². The monoisotopic (exact) mass is 295 g/mol. The zero-order chi connectivity index (χ0) is 14.0. The van der Waals surface area contributed by atoms with Gasteiger partial charge in [0, 0.05) is 31.2 Å². The average molecular weight is 295 g/mol. The molecule has 2 aromatic heterocycles. The van der Waals surface area contributed by atoms with Gasteiger partial charge in [-0.15, -0.1) is 0 Å². The number of rotatable bonds is 4. The van der Waals surface area contributed by atoms with E-state index in [9.17, 15) is 8.42 Å². The van der Waals surface area contributed by atoms with E-state index in [-0.39, 0.29) is 4.90 Å². The molecule has 0 saturated carbocycles. The van der Waals surface area contributed by atoms with Crippen LogP contribution in [-0.2, 0) is 16.4 Å². The van der Waals surface area contributed by atoms with Gasteiger partial charge in [-0.2, -0.15) is 14.5 Å². The van der Waals surface area contributed by atoms with Crippen molar-refractivity contribution in [3.63, 3.8) is 0 Å². The molecule has 1 aliphatic rings. The number of hydrogen-bond donors (Lipinski definition) is 2. The highest BCUT2D eigenvalue weighted by molar-refractivity contribution is 7.89. The normalized spacial score (nSPS) is 21.1. The predicted molar refractivity (Wildman–Crippen MR) is 72.4 cm³/mol. The molecule has 0 aliphatic carbocycles. The lowest BCUT2D eigenvalue weighted by atomic mass is 9.95. The number of H-pyrrole nitrogens is 2. The number of sulfonamides is 1. The van der Waals surface area contributed by atoms with E-state index in [0.29, 0.717) is 19.0 Å². The van der Waals surface area contributed by atoms with Gasteiger partial charge in [0.15, 0.2) is 0 Å². The molecule has 2 N–H and O–H groups in total. The van der Waals surface area contributed by atoms with Crippen molar-refractivity contribution in [1.29, 1.82) is 0 Å². The molecule has 0 radical (unpaired) electrons. The summed E-state index contributed by atoms with van der Waals surface area (Å²) >= 11 is 0. The second kappa shape index (κ2) is 5.37. The fourth-order valence-electron chi connectivity index (χ4n) is 2.65. The van der Waals surface area contributed by atoms with Gasteiger partial charge in [-0.3, -0.25) is 10.2 Å². The Labute approximate surface area is 117 Å². The molecule has 1 saturated heterocycles. The molecular formula is C12H17N5O2S. The van der Waals surface area contributed by atoms with E-state index in [4.69, 9.17) is 0 Å². The summed E-state index contributed by atoms with van der Waals surface area (Å²) in [6, 6.07) is 1.93. The van der Waals surface area contributed by atoms with Gasteiger partial charge in [0.25, 0.3) is 0 Å². The number of piperidine rings is 1. The van der Waals surface area contributed by atoms with Crippen LogP contribution in [0, 0.1) is 5.92 Å². The Morgan fingerprint density at radius 3 is 3.00 bits per heavy atom. The second-order valence-corrected chi connectivity index (χ2v) is 7.03. The first-order valence-electron chi connectivity index (χ1n) is 6.63. The SMILES string of the molecule is O=S(=O)(c1cn[nH]c1)N1CCC[C@@H](Cc2ccn[nH]2)C1. The first kappa shape index (κ1) is 13.3. The summed E-state index contributed by atoms with van der Waals surface area (Å²) in [6.45, 7) is 1.12. The second-order valence-electron chi connectivity index (χ2n) is 5.09. The molecule has 2 aromatic rings. The highest BCUT2D eigenvalue weighted by atomic mass is 32.2. The molecule has 0 aromatic carbocycles. The summed E-state index contributed by atoms with van der Waals surface area (Å²) in [7, 11) is -3.42. The zero-order valence-electron chi connectivity index (χ0n) is 11.0. The molecule has 0 amide bonds. The minimum Gasteiger partial charge on any atom is -0.284 e. The first-order chi connectivity index (χ1) is 9.66. The van der Waals surface area contributed by atoms with E-state index in [0.717, 1.165) is 25.0 Å². The van der Waals surface area contributed by atoms with Crippen molar-refractivity contribution >= 4 is 10.0 Å². The predicted octanol–water partition coefficient (Wildman–Crippen LogP) is 0.776. The molecule has 1 aliphatic heterocycles. The maximum absolute atomic E-state index is 12.4. The molecule has 0 bridgehead atoms. The van der Waals surface area contributed by atoms with Crippen LogP contribution in [0.25, 0.3) is 0 Å². The molecule has 7 nitrogen and oxygen atoms in total. The van der Waals surface area contributed by atoms with E-state index in [1.165, 1.54) is 12.4 Å². The van der Waals surface area contributed by atoms with E-state index >= 15 is 0 Å². The Bertz CT molecular complexity index is 635. The van der Waals surface area contributed by atoms with Crippen molar-refractivity contribution in [2.24, 2.45) is 5.92 Å². The van der Waals surface area contributed by atoms with E-state index in [2.05, 4.69) is 20.4 Å². The third-order valence-corrected chi connectivity index (χ3v) is 5.49. The van der Waals surface area contributed by atoms with Crippen molar-refractivity contribution in [3.8, 4) is 0 Å². The number of hydrogen-bond acceptors (Lipinski definition) is 4. The number of nitrogens with zero attached hydrogens (tertiary/aromatic N) is 3. The van der Waals surface area contributed by atoms with Crippen LogP contribution in [0.4, 0.5) is 0 Å². The number of nitrogens with one attached hydrogen (secondary N) is 2. The highest BCUT2D eigenvalue weighted by Gasteiger charge is 2.30. The fraction of sp³-hybridized carbons (Fsp3) is 0.500. The summed E-state index contributed by atoms with van der Waals surface area (Å²) in [6.07, 6.45) is 7.25. The summed E-state index contributed by atoms with van der Waals surface area (Å²) < 4.78 is 26.4. The van der Waals surface area contributed by atoms with Gasteiger partial charge in [-0.05, 0) is 31.2 Å². The van der Waals surface area contributed by atoms with Gasteiger partial charge in [-0.1, -0.05) is 0 Å². The molecule has 1 fully saturated rings. The minimum atomic E-state index is -3.42. The van der Waals surface area contributed by atoms with Crippen LogP contribution < -0.4 is 0 Å². The third-order valence-electron chi connectivity index (χ3n) is 3.66. The minimum absolute atomic E-state index is 0.236. The van der Waals surface area contributed by atoms with Gasteiger partial charge in [0.05, 0.1) is 6.20 Å². The van der Waals surface area contributed by atoms with Crippen LogP contribution in [0.5, 0.6) is 0 Å². The van der Waals surface area contributed by atoms with E-state index in [1.807, 2.05) is 6.07 Å². The topological polar surface area (TPSA) is 94.7 Å². The summed E-state index contributed by atoms with van der Waals surface area (Å²) in [5, 5.41) is 13.1. The van der Waals surface area contributed by atoms with Crippen molar-refractivity contribution in [2.75, 3.05) is 13.1 Å². The summed E-state index contributed by atoms with van der Waals surface area (Å²) in [5.74, 6) is 0.325. The van der Waals surface area contributed by atoms with E-state index < -0.39 is 10.0 Å². The smallest absolute Gasteiger partial charge is 0.246 e. The van der Waals surface area contributed by atoms with Gasteiger partial charge in [0.1, 0.15) is 4.90 Å². The molecule has 20 heavy (non-hydrogen) atoms. The lowest BCUT2D eigenvalue weighted by Crippen LogP contribution is -2.40. The molecule has 1 atom stereocenters. The van der Waals surface area contributed by atoms with Gasteiger partial charge < -0.3 is 0 Å². The van der Waals surface area contributed by atoms with Crippen LogP contribution in [0.2, 0.25) is 0 Å².